The van der Waals surface area contributed by atoms with Crippen molar-refractivity contribution in [3.8, 4) is 0 Å². The summed E-state index contributed by atoms with van der Waals surface area (Å²) in [7, 11) is 0. The third kappa shape index (κ3) is 4.23. The number of aromatic nitrogens is 1. The molecule has 1 aromatic rings. The van der Waals surface area contributed by atoms with Crippen molar-refractivity contribution in [3.63, 3.8) is 0 Å². The van der Waals surface area contributed by atoms with Crippen LogP contribution in [0, 0.1) is 0 Å². The second kappa shape index (κ2) is 6.37. The van der Waals surface area contributed by atoms with Gasteiger partial charge in [0.1, 0.15) is 0 Å². The number of carbonyl (C=O) groups is 1. The lowest BCUT2D eigenvalue weighted by molar-refractivity contribution is -0.120. The lowest BCUT2D eigenvalue weighted by atomic mass is 10.4. The normalized spacial score (nSPS) is 9.79. The van der Waals surface area contributed by atoms with Crippen molar-refractivity contribution in [2.75, 3.05) is 18.4 Å². The summed E-state index contributed by atoms with van der Waals surface area (Å²) in [5.41, 5.74) is 0. The fourth-order valence-electron chi connectivity index (χ4n) is 0.947. The summed E-state index contributed by atoms with van der Waals surface area (Å²) >= 11 is 1.54. The number of hydrogen-bond acceptors (Lipinski definition) is 4. The Balaban J connectivity index is 2.06. The van der Waals surface area contributed by atoms with Crippen molar-refractivity contribution in [3.05, 3.63) is 11.6 Å². The maximum absolute atomic E-state index is 11.2. The zero-order valence-electron chi connectivity index (χ0n) is 8.25. The monoisotopic (exact) mass is 213 g/mol. The van der Waals surface area contributed by atoms with E-state index in [0.717, 1.165) is 18.1 Å². The average molecular weight is 213 g/mol. The molecule has 1 aromatic heterocycles. The van der Waals surface area contributed by atoms with Crippen molar-refractivity contribution in [1.29, 1.82) is 0 Å². The Hall–Kier alpha value is -1.10. The van der Waals surface area contributed by atoms with E-state index >= 15 is 0 Å². The predicted octanol–water partition coefficient (Wildman–Crippen LogP) is 1.47. The van der Waals surface area contributed by atoms with E-state index in [-0.39, 0.29) is 5.91 Å². The van der Waals surface area contributed by atoms with Gasteiger partial charge in [-0.15, -0.1) is 11.3 Å². The summed E-state index contributed by atoms with van der Waals surface area (Å²) in [6.07, 6.45) is 3.22. The van der Waals surface area contributed by atoms with E-state index in [1.165, 1.54) is 11.3 Å². The second-order valence-corrected chi connectivity index (χ2v) is 3.76. The highest BCUT2D eigenvalue weighted by atomic mass is 32.1. The average Bonchev–Trinajstić information content (AvgIpc) is 2.67. The van der Waals surface area contributed by atoms with Crippen LogP contribution in [0.3, 0.4) is 0 Å². The van der Waals surface area contributed by atoms with Gasteiger partial charge in [-0.1, -0.05) is 6.92 Å². The van der Waals surface area contributed by atoms with Crippen molar-refractivity contribution in [2.24, 2.45) is 0 Å². The van der Waals surface area contributed by atoms with E-state index in [0.29, 0.717) is 13.0 Å². The van der Waals surface area contributed by atoms with Crippen molar-refractivity contribution in [1.82, 2.24) is 10.3 Å². The number of hydrogen-bond donors (Lipinski definition) is 2. The van der Waals surface area contributed by atoms with E-state index in [1.54, 1.807) is 6.20 Å². The van der Waals surface area contributed by atoms with Crippen LogP contribution in [0.15, 0.2) is 11.6 Å². The maximum atomic E-state index is 11.2. The molecule has 0 aliphatic carbocycles. The summed E-state index contributed by atoms with van der Waals surface area (Å²) in [5.74, 6) is 0.0934. The minimum absolute atomic E-state index is 0.0934. The minimum Gasteiger partial charge on any atom is -0.361 e. The smallest absolute Gasteiger partial charge is 0.221 e. The van der Waals surface area contributed by atoms with E-state index in [2.05, 4.69) is 15.6 Å². The van der Waals surface area contributed by atoms with Gasteiger partial charge in [-0.05, 0) is 6.42 Å². The topological polar surface area (TPSA) is 54.0 Å². The molecule has 0 atom stereocenters. The molecule has 5 heteroatoms. The van der Waals surface area contributed by atoms with Crippen molar-refractivity contribution >= 4 is 22.4 Å². The highest BCUT2D eigenvalue weighted by Crippen LogP contribution is 2.09. The maximum Gasteiger partial charge on any atom is 0.221 e. The van der Waals surface area contributed by atoms with Gasteiger partial charge >= 0.3 is 0 Å². The molecular formula is C9H15N3OS. The molecule has 0 fully saturated rings. The van der Waals surface area contributed by atoms with Gasteiger partial charge in [-0.2, -0.15) is 0 Å². The number of nitrogens with zero attached hydrogens (tertiary/aromatic N) is 1. The van der Waals surface area contributed by atoms with E-state index < -0.39 is 0 Å². The van der Waals surface area contributed by atoms with Gasteiger partial charge in [0.05, 0.1) is 0 Å². The molecule has 78 valence electrons. The summed E-state index contributed by atoms with van der Waals surface area (Å²) in [6, 6.07) is 0. The first-order chi connectivity index (χ1) is 6.83. The molecular weight excluding hydrogens is 198 g/mol. The molecule has 0 saturated heterocycles. The molecule has 0 unspecified atom stereocenters. The number of nitrogens with one attached hydrogen (secondary N) is 2. The molecule has 1 heterocycles. The van der Waals surface area contributed by atoms with E-state index in [1.807, 2.05) is 12.3 Å². The Labute approximate surface area is 87.7 Å². The van der Waals surface area contributed by atoms with Gasteiger partial charge in [0, 0.05) is 31.1 Å². The van der Waals surface area contributed by atoms with E-state index in [4.69, 9.17) is 0 Å². The summed E-state index contributed by atoms with van der Waals surface area (Å²) in [4.78, 5) is 15.2. The van der Waals surface area contributed by atoms with Gasteiger partial charge in [-0.25, -0.2) is 4.98 Å². The molecule has 0 aromatic carbocycles. The predicted molar refractivity (Wildman–Crippen MR) is 58.5 cm³/mol. The fraction of sp³-hybridized carbons (Fsp3) is 0.556. The molecule has 0 bridgehead atoms. The Morgan fingerprint density at radius 1 is 1.57 bits per heavy atom. The summed E-state index contributed by atoms with van der Waals surface area (Å²) in [6.45, 7) is 3.44. The van der Waals surface area contributed by atoms with E-state index in [9.17, 15) is 4.79 Å². The van der Waals surface area contributed by atoms with Gasteiger partial charge in [0.15, 0.2) is 5.13 Å². The third-order valence-corrected chi connectivity index (χ3v) is 2.36. The summed E-state index contributed by atoms with van der Waals surface area (Å²) in [5, 5.41) is 8.67. The number of anilines is 1. The van der Waals surface area contributed by atoms with Gasteiger partial charge in [0.2, 0.25) is 5.91 Å². The molecule has 14 heavy (non-hydrogen) atoms. The van der Waals surface area contributed by atoms with Crippen LogP contribution in [0.1, 0.15) is 19.8 Å². The third-order valence-electron chi connectivity index (χ3n) is 1.63. The van der Waals surface area contributed by atoms with Crippen LogP contribution in [0.25, 0.3) is 0 Å². The van der Waals surface area contributed by atoms with Gasteiger partial charge in [-0.3, -0.25) is 4.79 Å². The van der Waals surface area contributed by atoms with Crippen molar-refractivity contribution in [2.45, 2.75) is 19.8 Å². The van der Waals surface area contributed by atoms with Crippen LogP contribution in [0.2, 0.25) is 0 Å². The Morgan fingerprint density at radius 2 is 2.43 bits per heavy atom. The van der Waals surface area contributed by atoms with Gasteiger partial charge in [0.25, 0.3) is 0 Å². The number of rotatable bonds is 6. The van der Waals surface area contributed by atoms with Crippen LogP contribution in [-0.2, 0) is 4.79 Å². The molecule has 0 spiro atoms. The molecule has 0 radical (unpaired) electrons. The van der Waals surface area contributed by atoms with Crippen LogP contribution >= 0.6 is 11.3 Å². The number of amides is 1. The second-order valence-electron chi connectivity index (χ2n) is 2.86. The summed E-state index contributed by atoms with van der Waals surface area (Å²) < 4.78 is 0. The number of carbonyl (C=O) groups excluding carboxylic acids is 1. The molecule has 1 rings (SSSR count). The highest BCUT2D eigenvalue weighted by Gasteiger charge is 1.99. The zero-order valence-corrected chi connectivity index (χ0v) is 9.06. The minimum atomic E-state index is 0.0934. The van der Waals surface area contributed by atoms with Crippen LogP contribution in [-0.4, -0.2) is 24.0 Å². The Morgan fingerprint density at radius 3 is 3.07 bits per heavy atom. The lowest BCUT2D eigenvalue weighted by Gasteiger charge is -2.03. The van der Waals surface area contributed by atoms with Crippen LogP contribution in [0.5, 0.6) is 0 Å². The molecule has 1 amide bonds. The zero-order chi connectivity index (χ0) is 10.2. The van der Waals surface area contributed by atoms with Crippen molar-refractivity contribution < 1.29 is 4.79 Å². The molecule has 0 aliphatic rings. The molecule has 4 nitrogen and oxygen atoms in total. The lowest BCUT2D eigenvalue weighted by Crippen LogP contribution is -2.25. The largest absolute Gasteiger partial charge is 0.361 e. The first-order valence-corrected chi connectivity index (χ1v) is 5.61. The first kappa shape index (κ1) is 11.0. The standard InChI is InChI=1S/C9H15N3OS/c1-2-4-10-8(13)3-5-11-9-12-6-7-14-9/h6-7H,2-5H2,1H3,(H,10,13)(H,11,12). The number of thiazole rings is 1. The Kier molecular flexibility index (Phi) is 4.99. The Bertz CT molecular complexity index is 261. The highest BCUT2D eigenvalue weighted by molar-refractivity contribution is 7.13. The van der Waals surface area contributed by atoms with Crippen LogP contribution < -0.4 is 10.6 Å². The molecule has 2 N–H and O–H groups in total. The fourth-order valence-corrected chi connectivity index (χ4v) is 1.50. The molecule has 0 aliphatic heterocycles. The molecule has 0 saturated carbocycles. The van der Waals surface area contributed by atoms with Crippen LogP contribution in [0.4, 0.5) is 5.13 Å². The quantitative estimate of drug-likeness (QED) is 0.752. The van der Waals surface area contributed by atoms with Gasteiger partial charge < -0.3 is 10.6 Å². The first-order valence-electron chi connectivity index (χ1n) is 4.73. The SMILES string of the molecule is CCCNC(=O)CCNc1nccs1.